The zero-order valence-electron chi connectivity index (χ0n) is 19.7. The number of rotatable bonds is 9. The van der Waals surface area contributed by atoms with Crippen LogP contribution in [0.2, 0.25) is 0 Å². The number of esters is 1. The fraction of sp³-hybridized carbons (Fsp3) is 0.269. The van der Waals surface area contributed by atoms with E-state index in [0.717, 1.165) is 5.56 Å². The van der Waals surface area contributed by atoms with Gasteiger partial charge in [-0.05, 0) is 44.0 Å². The molecule has 0 fully saturated rings. The monoisotopic (exact) mass is 542 g/mol. The van der Waals surface area contributed by atoms with E-state index in [0.29, 0.717) is 28.8 Å². The zero-order valence-corrected chi connectivity index (χ0v) is 21.3. The Hall–Kier alpha value is -3.59. The van der Waals surface area contributed by atoms with Crippen LogP contribution in [0.3, 0.4) is 0 Å². The van der Waals surface area contributed by atoms with Gasteiger partial charge in [-0.3, -0.25) is 9.59 Å². The molecule has 184 valence electrons. The van der Waals surface area contributed by atoms with Crippen LogP contribution in [0.4, 0.5) is 0 Å². The molecule has 2 aromatic carbocycles. The van der Waals surface area contributed by atoms with Crippen LogP contribution in [0.5, 0.6) is 5.75 Å². The van der Waals surface area contributed by atoms with Gasteiger partial charge >= 0.3 is 5.97 Å². The average Bonchev–Trinajstić information content (AvgIpc) is 2.82. The Morgan fingerprint density at radius 2 is 1.83 bits per heavy atom. The molecule has 3 rings (SSSR count). The van der Waals surface area contributed by atoms with Gasteiger partial charge in [0.1, 0.15) is 17.1 Å². The molecule has 2 aromatic rings. The van der Waals surface area contributed by atoms with Crippen molar-refractivity contribution < 1.29 is 28.6 Å². The van der Waals surface area contributed by atoms with Crippen molar-refractivity contribution in [1.82, 2.24) is 5.32 Å². The maximum atomic E-state index is 12.6. The van der Waals surface area contributed by atoms with E-state index in [1.165, 1.54) is 14.0 Å². The zero-order chi connectivity index (χ0) is 25.5. The number of hydrogen-bond acceptors (Lipinski definition) is 7. The first-order valence-electron chi connectivity index (χ1n) is 10.9. The molecule has 0 aliphatic carbocycles. The van der Waals surface area contributed by atoms with Crippen LogP contribution in [-0.4, -0.2) is 37.9 Å². The predicted molar refractivity (Wildman–Crippen MR) is 133 cm³/mol. The number of benzene rings is 2. The molecular weight excluding hydrogens is 516 g/mol. The minimum Gasteiger partial charge on any atom is -0.483 e. The highest BCUT2D eigenvalue weighted by atomic mass is 79.9. The predicted octanol–water partition coefficient (Wildman–Crippen LogP) is 3.51. The summed E-state index contributed by atoms with van der Waals surface area (Å²) in [5.41, 5.74) is 7.85. The molecule has 0 radical (unpaired) electrons. The van der Waals surface area contributed by atoms with Crippen LogP contribution in [0, 0.1) is 0 Å². The lowest BCUT2D eigenvalue weighted by atomic mass is 9.80. The van der Waals surface area contributed by atoms with Crippen LogP contribution >= 0.6 is 15.9 Å². The van der Waals surface area contributed by atoms with Gasteiger partial charge < -0.3 is 25.3 Å². The van der Waals surface area contributed by atoms with Crippen molar-refractivity contribution >= 4 is 33.6 Å². The van der Waals surface area contributed by atoms with Crippen molar-refractivity contribution in [1.29, 1.82) is 0 Å². The van der Waals surface area contributed by atoms with Gasteiger partial charge in [0.25, 0.3) is 5.91 Å². The van der Waals surface area contributed by atoms with Gasteiger partial charge in [-0.1, -0.05) is 46.3 Å². The van der Waals surface area contributed by atoms with Gasteiger partial charge in [-0.15, -0.1) is 0 Å². The average molecular weight is 543 g/mol. The second-order valence-electron chi connectivity index (χ2n) is 7.89. The number of Topliss-reactive ketones (excluding diaryl/α,β-unsaturated/α-hetero) is 1. The first kappa shape index (κ1) is 26.0. The summed E-state index contributed by atoms with van der Waals surface area (Å²) in [4.78, 5) is 37.7. The van der Waals surface area contributed by atoms with Crippen molar-refractivity contribution in [2.45, 2.75) is 26.2 Å². The van der Waals surface area contributed by atoms with E-state index in [2.05, 4.69) is 21.2 Å². The van der Waals surface area contributed by atoms with Crippen molar-refractivity contribution in [3.63, 3.8) is 0 Å². The SMILES string of the molecule is COC(=O)C1=C(N)OC(C)=C(C(C)=O)[C@H]1c1cc(Br)ccc1OCC(=O)NCCc1ccccc1. The lowest BCUT2D eigenvalue weighted by Crippen LogP contribution is -2.31. The molecule has 1 aliphatic rings. The third kappa shape index (κ3) is 6.30. The normalized spacial score (nSPS) is 15.4. The van der Waals surface area contributed by atoms with Crippen LogP contribution < -0.4 is 15.8 Å². The van der Waals surface area contributed by atoms with Gasteiger partial charge in [0.15, 0.2) is 12.4 Å². The fourth-order valence-corrected chi connectivity index (χ4v) is 4.30. The molecule has 0 saturated carbocycles. The van der Waals surface area contributed by atoms with Gasteiger partial charge in [0, 0.05) is 22.2 Å². The Morgan fingerprint density at radius 3 is 2.49 bits per heavy atom. The molecule has 1 amide bonds. The summed E-state index contributed by atoms with van der Waals surface area (Å²) in [7, 11) is 1.22. The van der Waals surface area contributed by atoms with Crippen molar-refractivity contribution in [3.05, 3.63) is 86.9 Å². The molecule has 8 nitrogen and oxygen atoms in total. The lowest BCUT2D eigenvalue weighted by molar-refractivity contribution is -0.136. The molecule has 1 aliphatic heterocycles. The van der Waals surface area contributed by atoms with Gasteiger partial charge in [0.05, 0.1) is 13.0 Å². The molecule has 0 bridgehead atoms. The molecule has 0 saturated heterocycles. The van der Waals surface area contributed by atoms with Gasteiger partial charge in [-0.2, -0.15) is 0 Å². The van der Waals surface area contributed by atoms with Crippen LogP contribution in [-0.2, 0) is 30.3 Å². The minimum atomic E-state index is -0.901. The number of amides is 1. The number of nitrogens with two attached hydrogens (primary N) is 1. The van der Waals surface area contributed by atoms with E-state index in [-0.39, 0.29) is 41.1 Å². The summed E-state index contributed by atoms with van der Waals surface area (Å²) in [6.07, 6.45) is 0.691. The largest absolute Gasteiger partial charge is 0.483 e. The summed E-state index contributed by atoms with van der Waals surface area (Å²) in [6.45, 7) is 3.19. The Balaban J connectivity index is 1.85. The maximum Gasteiger partial charge on any atom is 0.340 e. The second-order valence-corrected chi connectivity index (χ2v) is 8.80. The number of nitrogens with one attached hydrogen (secondary N) is 1. The van der Waals surface area contributed by atoms with Crippen LogP contribution in [0.15, 0.2) is 75.8 Å². The van der Waals surface area contributed by atoms with Gasteiger partial charge in [-0.25, -0.2) is 4.79 Å². The van der Waals surface area contributed by atoms with Crippen LogP contribution in [0.1, 0.15) is 30.9 Å². The molecular formula is C26H27BrN2O6. The molecule has 3 N–H and O–H groups in total. The van der Waals surface area contributed by atoms with E-state index >= 15 is 0 Å². The smallest absolute Gasteiger partial charge is 0.340 e. The number of ether oxygens (including phenoxy) is 3. The highest BCUT2D eigenvalue weighted by molar-refractivity contribution is 9.10. The molecule has 1 heterocycles. The summed E-state index contributed by atoms with van der Waals surface area (Å²) < 4.78 is 16.9. The number of hydrogen-bond donors (Lipinski definition) is 2. The number of methoxy groups -OCH3 is 1. The van der Waals surface area contributed by atoms with E-state index in [1.54, 1.807) is 25.1 Å². The fourth-order valence-electron chi connectivity index (χ4n) is 3.92. The van der Waals surface area contributed by atoms with Crippen molar-refractivity contribution in [3.8, 4) is 5.75 Å². The van der Waals surface area contributed by atoms with Gasteiger partial charge in [0.2, 0.25) is 5.88 Å². The van der Waals surface area contributed by atoms with E-state index in [9.17, 15) is 14.4 Å². The van der Waals surface area contributed by atoms with Crippen LogP contribution in [0.25, 0.3) is 0 Å². The second kappa shape index (κ2) is 11.7. The first-order chi connectivity index (χ1) is 16.7. The number of allylic oxidation sites excluding steroid dienone is 2. The lowest BCUT2D eigenvalue weighted by Gasteiger charge is -2.29. The van der Waals surface area contributed by atoms with E-state index in [1.807, 2.05) is 30.3 Å². The molecule has 35 heavy (non-hydrogen) atoms. The van der Waals surface area contributed by atoms with Crippen molar-refractivity contribution in [2.24, 2.45) is 5.73 Å². The highest BCUT2D eigenvalue weighted by Crippen LogP contribution is 2.44. The molecule has 1 atom stereocenters. The third-order valence-electron chi connectivity index (χ3n) is 5.49. The van der Waals surface area contributed by atoms with Crippen molar-refractivity contribution in [2.75, 3.05) is 20.3 Å². The highest BCUT2D eigenvalue weighted by Gasteiger charge is 2.39. The minimum absolute atomic E-state index is 0.0152. The number of carbonyl (C=O) groups is 3. The third-order valence-corrected chi connectivity index (χ3v) is 5.98. The Labute approximate surface area is 212 Å². The molecule has 9 heteroatoms. The molecule has 0 unspecified atom stereocenters. The summed E-state index contributed by atoms with van der Waals surface area (Å²) in [6, 6.07) is 14.9. The summed E-state index contributed by atoms with van der Waals surface area (Å²) >= 11 is 3.43. The summed E-state index contributed by atoms with van der Waals surface area (Å²) in [5, 5.41) is 2.83. The molecule has 0 spiro atoms. The quantitative estimate of drug-likeness (QED) is 0.465. The first-order valence-corrected chi connectivity index (χ1v) is 11.7. The number of carbonyl (C=O) groups excluding carboxylic acids is 3. The Kier molecular flexibility index (Phi) is 8.70. The maximum absolute atomic E-state index is 12.6. The summed E-state index contributed by atoms with van der Waals surface area (Å²) in [5.74, 6) is -1.80. The standard InChI is InChI=1S/C26H27BrN2O6/c1-15(30)22-16(2)35-25(28)24(26(32)33-3)23(22)19-13-18(27)9-10-20(19)34-14-21(31)29-12-11-17-7-5-4-6-8-17/h4-10,13,23H,11-12,14,28H2,1-3H3,(H,29,31)/t23-/m1/s1. The molecule has 0 aromatic heterocycles. The van der Waals surface area contributed by atoms with E-state index < -0.39 is 11.9 Å². The number of halogens is 1. The Bertz CT molecular complexity index is 1190. The topological polar surface area (TPSA) is 117 Å². The number of ketones is 1. The van der Waals surface area contributed by atoms with E-state index in [4.69, 9.17) is 19.9 Å². The Morgan fingerprint density at radius 1 is 1.11 bits per heavy atom.